The van der Waals surface area contributed by atoms with Crippen molar-refractivity contribution in [2.75, 3.05) is 7.05 Å². The molecule has 0 aromatic carbocycles. The van der Waals surface area contributed by atoms with Gasteiger partial charge in [-0.1, -0.05) is 18.5 Å². The minimum Gasteiger partial charge on any atom is -0.339 e. The van der Waals surface area contributed by atoms with E-state index in [1.807, 2.05) is 13.8 Å². The van der Waals surface area contributed by atoms with Gasteiger partial charge in [-0.25, -0.2) is 0 Å². The predicted octanol–water partition coefficient (Wildman–Crippen LogP) is 2.61. The van der Waals surface area contributed by atoms with E-state index < -0.39 is 0 Å². The summed E-state index contributed by atoms with van der Waals surface area (Å²) >= 11 is 5.92. The Bertz CT molecular complexity index is 354. The molecule has 0 radical (unpaired) electrons. The molecule has 0 saturated heterocycles. The number of rotatable bonds is 3. The SMILES string of the molecule is CCC(C)N(C)C(=O)c1cnccc1Cl. The Morgan fingerprint density at radius 3 is 2.87 bits per heavy atom. The van der Waals surface area contributed by atoms with Crippen molar-refractivity contribution in [2.45, 2.75) is 26.3 Å². The van der Waals surface area contributed by atoms with E-state index in [4.69, 9.17) is 11.6 Å². The molecule has 0 saturated carbocycles. The van der Waals surface area contributed by atoms with Gasteiger partial charge in [-0.2, -0.15) is 0 Å². The lowest BCUT2D eigenvalue weighted by molar-refractivity contribution is 0.0740. The summed E-state index contributed by atoms with van der Waals surface area (Å²) in [7, 11) is 1.78. The number of amides is 1. The summed E-state index contributed by atoms with van der Waals surface area (Å²) in [5.74, 6) is -0.0811. The smallest absolute Gasteiger partial charge is 0.256 e. The number of hydrogen-bond donors (Lipinski definition) is 0. The molecule has 15 heavy (non-hydrogen) atoms. The molecular weight excluding hydrogens is 212 g/mol. The highest BCUT2D eigenvalue weighted by atomic mass is 35.5. The van der Waals surface area contributed by atoms with E-state index in [1.165, 1.54) is 6.20 Å². The highest BCUT2D eigenvalue weighted by Crippen LogP contribution is 2.16. The van der Waals surface area contributed by atoms with Crippen LogP contribution in [0.5, 0.6) is 0 Å². The summed E-state index contributed by atoms with van der Waals surface area (Å²) in [5.41, 5.74) is 0.460. The van der Waals surface area contributed by atoms with E-state index in [0.29, 0.717) is 10.6 Å². The van der Waals surface area contributed by atoms with E-state index in [0.717, 1.165) is 6.42 Å². The molecule has 0 aliphatic carbocycles. The van der Waals surface area contributed by atoms with E-state index >= 15 is 0 Å². The van der Waals surface area contributed by atoms with Crippen molar-refractivity contribution in [2.24, 2.45) is 0 Å². The molecule has 82 valence electrons. The highest BCUT2D eigenvalue weighted by Gasteiger charge is 2.18. The van der Waals surface area contributed by atoms with Gasteiger partial charge in [-0.05, 0) is 19.4 Å². The second kappa shape index (κ2) is 5.12. The zero-order valence-electron chi connectivity index (χ0n) is 9.20. The van der Waals surface area contributed by atoms with Crippen LogP contribution in [0.15, 0.2) is 18.5 Å². The lowest BCUT2D eigenvalue weighted by Crippen LogP contribution is -2.34. The van der Waals surface area contributed by atoms with Gasteiger partial charge in [-0.3, -0.25) is 9.78 Å². The van der Waals surface area contributed by atoms with Gasteiger partial charge in [0.1, 0.15) is 0 Å². The average Bonchev–Trinajstić information content (AvgIpc) is 2.26. The fraction of sp³-hybridized carbons (Fsp3) is 0.455. The maximum atomic E-state index is 12.0. The largest absolute Gasteiger partial charge is 0.339 e. The molecule has 1 amide bonds. The molecule has 1 rings (SSSR count). The third-order valence-corrected chi connectivity index (χ3v) is 2.90. The van der Waals surface area contributed by atoms with Crippen LogP contribution in [0.1, 0.15) is 30.6 Å². The van der Waals surface area contributed by atoms with Crippen molar-refractivity contribution in [3.63, 3.8) is 0 Å². The first-order valence-electron chi connectivity index (χ1n) is 4.94. The van der Waals surface area contributed by atoms with Gasteiger partial charge in [0.05, 0.1) is 10.6 Å². The van der Waals surface area contributed by atoms with Gasteiger partial charge in [0.25, 0.3) is 5.91 Å². The van der Waals surface area contributed by atoms with Gasteiger partial charge >= 0.3 is 0 Å². The predicted molar refractivity (Wildman–Crippen MR) is 61.1 cm³/mol. The Morgan fingerprint density at radius 1 is 1.67 bits per heavy atom. The molecule has 1 aromatic heterocycles. The molecule has 1 unspecified atom stereocenters. The number of hydrogen-bond acceptors (Lipinski definition) is 2. The molecule has 0 aliphatic rings. The average molecular weight is 227 g/mol. The van der Waals surface area contributed by atoms with Crippen LogP contribution in [0.4, 0.5) is 0 Å². The monoisotopic (exact) mass is 226 g/mol. The highest BCUT2D eigenvalue weighted by molar-refractivity contribution is 6.33. The van der Waals surface area contributed by atoms with Crippen LogP contribution in [-0.4, -0.2) is 28.9 Å². The summed E-state index contributed by atoms with van der Waals surface area (Å²) in [4.78, 5) is 17.6. The first kappa shape index (κ1) is 12.0. The number of carbonyl (C=O) groups excluding carboxylic acids is 1. The second-order valence-electron chi connectivity index (χ2n) is 3.53. The zero-order chi connectivity index (χ0) is 11.4. The Morgan fingerprint density at radius 2 is 2.33 bits per heavy atom. The molecule has 0 fully saturated rings. The number of pyridine rings is 1. The Labute approximate surface area is 95.1 Å². The summed E-state index contributed by atoms with van der Waals surface area (Å²) in [6.45, 7) is 4.04. The molecule has 0 bridgehead atoms. The van der Waals surface area contributed by atoms with Crippen molar-refractivity contribution >= 4 is 17.5 Å². The van der Waals surface area contributed by atoms with Crippen LogP contribution in [0.2, 0.25) is 5.02 Å². The molecule has 3 nitrogen and oxygen atoms in total. The van der Waals surface area contributed by atoms with Crippen molar-refractivity contribution in [3.8, 4) is 0 Å². The molecule has 4 heteroatoms. The first-order valence-corrected chi connectivity index (χ1v) is 5.32. The van der Waals surface area contributed by atoms with Crippen molar-refractivity contribution in [3.05, 3.63) is 29.0 Å². The topological polar surface area (TPSA) is 33.2 Å². The van der Waals surface area contributed by atoms with Crippen LogP contribution in [0.25, 0.3) is 0 Å². The van der Waals surface area contributed by atoms with Crippen LogP contribution in [-0.2, 0) is 0 Å². The summed E-state index contributed by atoms with van der Waals surface area (Å²) < 4.78 is 0. The number of carbonyl (C=O) groups is 1. The summed E-state index contributed by atoms with van der Waals surface area (Å²) in [5, 5.41) is 0.449. The number of nitrogens with zero attached hydrogens (tertiary/aromatic N) is 2. The molecule has 0 spiro atoms. The number of halogens is 1. The maximum absolute atomic E-state index is 12.0. The Kier molecular flexibility index (Phi) is 4.09. The lowest BCUT2D eigenvalue weighted by Gasteiger charge is -2.23. The second-order valence-corrected chi connectivity index (χ2v) is 3.94. The maximum Gasteiger partial charge on any atom is 0.256 e. The van der Waals surface area contributed by atoms with Gasteiger partial charge in [0.15, 0.2) is 0 Å². The molecule has 1 aromatic rings. The van der Waals surface area contributed by atoms with Crippen LogP contribution in [0, 0.1) is 0 Å². The lowest BCUT2D eigenvalue weighted by atomic mass is 10.2. The quantitative estimate of drug-likeness (QED) is 0.794. The van der Waals surface area contributed by atoms with Crippen molar-refractivity contribution in [1.29, 1.82) is 0 Å². The van der Waals surface area contributed by atoms with Crippen molar-refractivity contribution < 1.29 is 4.79 Å². The minimum absolute atomic E-state index is 0.0811. The number of aromatic nitrogens is 1. The third kappa shape index (κ3) is 2.69. The van der Waals surface area contributed by atoms with Gasteiger partial charge in [0, 0.05) is 25.5 Å². The molecule has 0 N–H and O–H groups in total. The van der Waals surface area contributed by atoms with E-state index in [1.54, 1.807) is 24.2 Å². The molecule has 1 heterocycles. The fourth-order valence-electron chi connectivity index (χ4n) is 1.20. The van der Waals surface area contributed by atoms with Crippen LogP contribution in [0.3, 0.4) is 0 Å². The van der Waals surface area contributed by atoms with Gasteiger partial charge < -0.3 is 4.90 Å². The minimum atomic E-state index is -0.0811. The summed E-state index contributed by atoms with van der Waals surface area (Å²) in [6.07, 6.45) is 3.99. The summed E-state index contributed by atoms with van der Waals surface area (Å²) in [6, 6.07) is 1.83. The Hall–Kier alpha value is -1.09. The van der Waals surface area contributed by atoms with Crippen LogP contribution >= 0.6 is 11.6 Å². The third-order valence-electron chi connectivity index (χ3n) is 2.57. The molecule has 1 atom stereocenters. The molecule has 0 aliphatic heterocycles. The zero-order valence-corrected chi connectivity index (χ0v) is 9.95. The van der Waals surface area contributed by atoms with E-state index in [2.05, 4.69) is 4.98 Å². The standard InChI is InChI=1S/C11H15ClN2O/c1-4-8(2)14(3)11(15)9-7-13-6-5-10(9)12/h5-8H,4H2,1-3H3. The van der Waals surface area contributed by atoms with Gasteiger partial charge in [-0.15, -0.1) is 0 Å². The van der Waals surface area contributed by atoms with E-state index in [9.17, 15) is 4.79 Å². The Balaban J connectivity index is 2.90. The molecular formula is C11H15ClN2O. The van der Waals surface area contributed by atoms with Crippen LogP contribution < -0.4 is 0 Å². The van der Waals surface area contributed by atoms with Crippen molar-refractivity contribution in [1.82, 2.24) is 9.88 Å². The van der Waals surface area contributed by atoms with Gasteiger partial charge in [0.2, 0.25) is 0 Å². The normalized spacial score (nSPS) is 12.3. The first-order chi connectivity index (χ1) is 7.07. The fourth-order valence-corrected chi connectivity index (χ4v) is 1.38. The van der Waals surface area contributed by atoms with E-state index in [-0.39, 0.29) is 11.9 Å².